The van der Waals surface area contributed by atoms with Crippen LogP contribution < -0.4 is 5.73 Å². The van der Waals surface area contributed by atoms with Gasteiger partial charge in [-0.15, -0.1) is 0 Å². The molecule has 1 heterocycles. The van der Waals surface area contributed by atoms with E-state index in [9.17, 15) is 4.79 Å². The van der Waals surface area contributed by atoms with Gasteiger partial charge in [0.05, 0.1) is 0 Å². The highest BCUT2D eigenvalue weighted by atomic mass is 35.5. The SMILES string of the molecule is Cc1ccc(Cl)cc1-c1ccc(C(=O)O)nc1N. The number of benzene rings is 1. The standard InChI is InChI=1S/C13H11ClN2O2/c1-7-2-3-8(14)6-10(7)9-4-5-11(13(17)18)16-12(9)15/h2-6H,1H3,(H2,15,16)(H,17,18). The summed E-state index contributed by atoms with van der Waals surface area (Å²) in [7, 11) is 0. The van der Waals surface area contributed by atoms with Crippen molar-refractivity contribution in [3.05, 3.63) is 46.6 Å². The minimum absolute atomic E-state index is 0.0732. The molecule has 2 rings (SSSR count). The van der Waals surface area contributed by atoms with Crippen LogP contribution in [0.15, 0.2) is 30.3 Å². The third-order valence-corrected chi connectivity index (χ3v) is 2.87. The number of nitrogens with zero attached hydrogens (tertiary/aromatic N) is 1. The topological polar surface area (TPSA) is 76.2 Å². The predicted octanol–water partition coefficient (Wildman–Crippen LogP) is 2.99. The second-order valence-electron chi connectivity index (χ2n) is 3.89. The summed E-state index contributed by atoms with van der Waals surface area (Å²) in [6.07, 6.45) is 0. The smallest absolute Gasteiger partial charge is 0.354 e. The van der Waals surface area contributed by atoms with Crippen LogP contribution in [0.25, 0.3) is 11.1 Å². The fourth-order valence-electron chi connectivity index (χ4n) is 1.71. The number of halogens is 1. The number of nitrogens with two attached hydrogens (primary N) is 1. The number of aryl methyl sites for hydroxylation is 1. The van der Waals surface area contributed by atoms with Crippen molar-refractivity contribution >= 4 is 23.4 Å². The third kappa shape index (κ3) is 2.28. The molecular weight excluding hydrogens is 252 g/mol. The molecule has 0 radical (unpaired) electrons. The highest BCUT2D eigenvalue weighted by Gasteiger charge is 2.11. The Bertz CT molecular complexity index is 626. The molecule has 0 fully saturated rings. The van der Waals surface area contributed by atoms with Crippen molar-refractivity contribution in [2.75, 3.05) is 5.73 Å². The largest absolute Gasteiger partial charge is 0.477 e. The molecule has 92 valence electrons. The molecule has 0 unspecified atom stereocenters. The number of carboxylic acids is 1. The Labute approximate surface area is 109 Å². The van der Waals surface area contributed by atoms with E-state index in [-0.39, 0.29) is 11.5 Å². The summed E-state index contributed by atoms with van der Waals surface area (Å²) < 4.78 is 0. The number of aromatic carboxylic acids is 1. The van der Waals surface area contributed by atoms with Gasteiger partial charge in [0.1, 0.15) is 5.82 Å². The molecule has 0 saturated carbocycles. The van der Waals surface area contributed by atoms with Gasteiger partial charge >= 0.3 is 5.97 Å². The van der Waals surface area contributed by atoms with Gasteiger partial charge in [0, 0.05) is 10.6 Å². The van der Waals surface area contributed by atoms with Crippen molar-refractivity contribution in [3.8, 4) is 11.1 Å². The highest BCUT2D eigenvalue weighted by Crippen LogP contribution is 2.30. The lowest BCUT2D eigenvalue weighted by Crippen LogP contribution is -2.04. The molecule has 3 N–H and O–H groups in total. The first-order valence-electron chi connectivity index (χ1n) is 5.25. The van der Waals surface area contributed by atoms with Gasteiger partial charge in [0.15, 0.2) is 5.69 Å². The first kappa shape index (κ1) is 12.4. The number of rotatable bonds is 2. The summed E-state index contributed by atoms with van der Waals surface area (Å²) in [5.74, 6) is -0.920. The molecule has 18 heavy (non-hydrogen) atoms. The molecule has 1 aromatic carbocycles. The molecule has 0 atom stereocenters. The van der Waals surface area contributed by atoms with E-state index in [4.69, 9.17) is 22.4 Å². The number of aromatic nitrogens is 1. The van der Waals surface area contributed by atoms with Gasteiger partial charge in [-0.05, 0) is 42.3 Å². The van der Waals surface area contributed by atoms with Gasteiger partial charge in [0.25, 0.3) is 0 Å². The van der Waals surface area contributed by atoms with Gasteiger partial charge in [-0.1, -0.05) is 17.7 Å². The lowest BCUT2D eigenvalue weighted by Gasteiger charge is -2.09. The molecule has 4 nitrogen and oxygen atoms in total. The van der Waals surface area contributed by atoms with E-state index >= 15 is 0 Å². The summed E-state index contributed by atoms with van der Waals surface area (Å²) in [5, 5.41) is 9.42. The normalized spacial score (nSPS) is 10.3. The van der Waals surface area contributed by atoms with Crippen LogP contribution in [-0.4, -0.2) is 16.1 Å². The summed E-state index contributed by atoms with van der Waals surface area (Å²) in [6, 6.07) is 8.52. The molecular formula is C13H11ClN2O2. The Morgan fingerprint density at radius 2 is 2.00 bits per heavy atom. The van der Waals surface area contributed by atoms with E-state index in [2.05, 4.69) is 4.98 Å². The van der Waals surface area contributed by atoms with E-state index in [1.165, 1.54) is 6.07 Å². The van der Waals surface area contributed by atoms with Gasteiger partial charge < -0.3 is 10.8 Å². The van der Waals surface area contributed by atoms with E-state index in [0.29, 0.717) is 10.6 Å². The van der Waals surface area contributed by atoms with Gasteiger partial charge in [-0.25, -0.2) is 9.78 Å². The van der Waals surface area contributed by atoms with Gasteiger partial charge in [0.2, 0.25) is 0 Å². The monoisotopic (exact) mass is 262 g/mol. The van der Waals surface area contributed by atoms with Crippen molar-refractivity contribution in [1.82, 2.24) is 4.98 Å². The average Bonchev–Trinajstić information content (AvgIpc) is 2.32. The second-order valence-corrected chi connectivity index (χ2v) is 4.33. The van der Waals surface area contributed by atoms with Crippen LogP contribution in [0, 0.1) is 6.92 Å². The van der Waals surface area contributed by atoms with Gasteiger partial charge in [-0.2, -0.15) is 0 Å². The Kier molecular flexibility index (Phi) is 3.21. The zero-order valence-corrected chi connectivity index (χ0v) is 10.4. The quantitative estimate of drug-likeness (QED) is 0.872. The molecule has 0 aliphatic heterocycles. The highest BCUT2D eigenvalue weighted by molar-refractivity contribution is 6.30. The zero-order valence-electron chi connectivity index (χ0n) is 9.64. The van der Waals surface area contributed by atoms with Crippen LogP contribution in [0.4, 0.5) is 5.82 Å². The molecule has 2 aromatic rings. The predicted molar refractivity (Wildman–Crippen MR) is 70.8 cm³/mol. The van der Waals surface area contributed by atoms with Crippen LogP contribution in [-0.2, 0) is 0 Å². The maximum Gasteiger partial charge on any atom is 0.354 e. The van der Waals surface area contributed by atoms with Crippen LogP contribution >= 0.6 is 11.6 Å². The number of hydrogen-bond donors (Lipinski definition) is 2. The summed E-state index contributed by atoms with van der Waals surface area (Å²) in [5.41, 5.74) is 8.25. The molecule has 0 aliphatic carbocycles. The minimum Gasteiger partial charge on any atom is -0.477 e. The maximum absolute atomic E-state index is 10.8. The zero-order chi connectivity index (χ0) is 13.3. The van der Waals surface area contributed by atoms with E-state index < -0.39 is 5.97 Å². The van der Waals surface area contributed by atoms with Crippen molar-refractivity contribution in [1.29, 1.82) is 0 Å². The summed E-state index contributed by atoms with van der Waals surface area (Å²) in [4.78, 5) is 14.6. The molecule has 0 amide bonds. The molecule has 0 bridgehead atoms. The van der Waals surface area contributed by atoms with E-state index in [1.54, 1.807) is 18.2 Å². The number of carbonyl (C=O) groups is 1. The number of nitrogen functional groups attached to an aromatic ring is 1. The fraction of sp³-hybridized carbons (Fsp3) is 0.0769. The average molecular weight is 263 g/mol. The Morgan fingerprint density at radius 1 is 1.28 bits per heavy atom. The summed E-state index contributed by atoms with van der Waals surface area (Å²) in [6.45, 7) is 1.93. The second kappa shape index (κ2) is 4.66. The Balaban J connectivity index is 2.58. The molecule has 1 aromatic heterocycles. The Hall–Kier alpha value is -2.07. The molecule has 0 spiro atoms. The van der Waals surface area contributed by atoms with Crippen molar-refractivity contribution in [2.24, 2.45) is 0 Å². The third-order valence-electron chi connectivity index (χ3n) is 2.63. The van der Waals surface area contributed by atoms with Crippen molar-refractivity contribution in [3.63, 3.8) is 0 Å². The number of anilines is 1. The lowest BCUT2D eigenvalue weighted by molar-refractivity contribution is 0.0690. The minimum atomic E-state index is -1.10. The van der Waals surface area contributed by atoms with Crippen molar-refractivity contribution in [2.45, 2.75) is 6.92 Å². The van der Waals surface area contributed by atoms with Gasteiger partial charge in [-0.3, -0.25) is 0 Å². The van der Waals surface area contributed by atoms with Crippen LogP contribution in [0.5, 0.6) is 0 Å². The van der Waals surface area contributed by atoms with Crippen LogP contribution in [0.1, 0.15) is 16.1 Å². The Morgan fingerprint density at radius 3 is 2.61 bits per heavy atom. The number of carboxylic acid groups (broad SMARTS) is 1. The van der Waals surface area contributed by atoms with Crippen LogP contribution in [0.2, 0.25) is 5.02 Å². The first-order valence-corrected chi connectivity index (χ1v) is 5.63. The van der Waals surface area contributed by atoms with E-state index in [0.717, 1.165) is 11.1 Å². The fourth-order valence-corrected chi connectivity index (χ4v) is 1.88. The van der Waals surface area contributed by atoms with E-state index in [1.807, 2.05) is 13.0 Å². The maximum atomic E-state index is 10.8. The number of hydrogen-bond acceptors (Lipinski definition) is 3. The molecule has 5 heteroatoms. The first-order chi connectivity index (χ1) is 8.49. The molecule has 0 saturated heterocycles. The molecule has 0 aliphatic rings. The van der Waals surface area contributed by atoms with Crippen LogP contribution in [0.3, 0.4) is 0 Å². The summed E-state index contributed by atoms with van der Waals surface area (Å²) >= 11 is 5.95. The lowest BCUT2D eigenvalue weighted by atomic mass is 10.0. The van der Waals surface area contributed by atoms with Crippen molar-refractivity contribution < 1.29 is 9.90 Å². The number of pyridine rings is 1.